The van der Waals surface area contributed by atoms with Crippen molar-refractivity contribution in [2.24, 2.45) is 5.92 Å². The van der Waals surface area contributed by atoms with Crippen LogP contribution in [0.25, 0.3) is 0 Å². The highest BCUT2D eigenvalue weighted by Gasteiger charge is 2.10. The van der Waals surface area contributed by atoms with E-state index in [1.54, 1.807) is 0 Å². The highest BCUT2D eigenvalue weighted by Crippen LogP contribution is 2.29. The maximum atomic E-state index is 2.29. The van der Waals surface area contributed by atoms with Crippen LogP contribution in [-0.4, -0.2) is 0 Å². The molecule has 0 saturated heterocycles. The summed E-state index contributed by atoms with van der Waals surface area (Å²) in [5.74, 6) is 0.587. The average Bonchev–Trinajstić information content (AvgIpc) is 2.31. The molecule has 0 N–H and O–H groups in total. The van der Waals surface area contributed by atoms with E-state index < -0.39 is 0 Å². The fourth-order valence-corrected chi connectivity index (χ4v) is 1.71. The molecule has 2 aliphatic carbocycles. The standard InChI is InChI=1S/C12H14/c1-9-3-5-11-7-10(2)8-12(11)6-4-9/h3-7,9H,8H2,1-2H3. The van der Waals surface area contributed by atoms with Crippen molar-refractivity contribution >= 4 is 0 Å². The normalized spacial score (nSPS) is 27.2. The molecule has 0 heterocycles. The van der Waals surface area contributed by atoms with Crippen LogP contribution in [0.4, 0.5) is 0 Å². The molecule has 62 valence electrons. The van der Waals surface area contributed by atoms with Gasteiger partial charge in [0, 0.05) is 0 Å². The minimum Gasteiger partial charge on any atom is -0.0776 e. The second-order valence-corrected chi connectivity index (χ2v) is 3.73. The summed E-state index contributed by atoms with van der Waals surface area (Å²) in [6, 6.07) is 0. The summed E-state index contributed by atoms with van der Waals surface area (Å²) in [6.07, 6.45) is 12.5. The third-order valence-corrected chi connectivity index (χ3v) is 2.42. The number of rotatable bonds is 0. The summed E-state index contributed by atoms with van der Waals surface area (Å²) in [5, 5.41) is 0. The van der Waals surface area contributed by atoms with Crippen molar-refractivity contribution < 1.29 is 0 Å². The monoisotopic (exact) mass is 158 g/mol. The third-order valence-electron chi connectivity index (χ3n) is 2.42. The zero-order chi connectivity index (χ0) is 8.55. The molecular formula is C12H14. The van der Waals surface area contributed by atoms with E-state index in [1.807, 2.05) is 0 Å². The Morgan fingerprint density at radius 1 is 1.25 bits per heavy atom. The molecule has 0 bridgehead atoms. The van der Waals surface area contributed by atoms with Gasteiger partial charge in [-0.1, -0.05) is 42.9 Å². The van der Waals surface area contributed by atoms with Crippen molar-refractivity contribution in [2.75, 3.05) is 0 Å². The van der Waals surface area contributed by atoms with Gasteiger partial charge in [0.15, 0.2) is 0 Å². The fraction of sp³-hybridized carbons (Fsp3) is 0.333. The van der Waals surface area contributed by atoms with Gasteiger partial charge in [0.05, 0.1) is 0 Å². The summed E-state index contributed by atoms with van der Waals surface area (Å²) in [5.41, 5.74) is 4.37. The molecule has 0 heteroatoms. The average molecular weight is 158 g/mol. The van der Waals surface area contributed by atoms with Crippen molar-refractivity contribution in [3.05, 3.63) is 47.1 Å². The molecular weight excluding hydrogens is 144 g/mol. The van der Waals surface area contributed by atoms with Gasteiger partial charge in [-0.3, -0.25) is 0 Å². The van der Waals surface area contributed by atoms with Gasteiger partial charge in [0.1, 0.15) is 0 Å². The van der Waals surface area contributed by atoms with Gasteiger partial charge >= 0.3 is 0 Å². The zero-order valence-electron chi connectivity index (χ0n) is 7.67. The Morgan fingerprint density at radius 3 is 2.83 bits per heavy atom. The molecule has 0 aromatic heterocycles. The highest BCUT2D eigenvalue weighted by atomic mass is 14.2. The second-order valence-electron chi connectivity index (χ2n) is 3.73. The van der Waals surface area contributed by atoms with E-state index in [2.05, 4.69) is 44.2 Å². The summed E-state index contributed by atoms with van der Waals surface area (Å²) in [4.78, 5) is 0. The van der Waals surface area contributed by atoms with Gasteiger partial charge in [-0.25, -0.2) is 0 Å². The first-order valence-corrected chi connectivity index (χ1v) is 4.52. The van der Waals surface area contributed by atoms with Crippen molar-refractivity contribution in [3.8, 4) is 0 Å². The van der Waals surface area contributed by atoms with Crippen molar-refractivity contribution in [1.29, 1.82) is 0 Å². The first-order chi connectivity index (χ1) is 5.75. The van der Waals surface area contributed by atoms with Crippen molar-refractivity contribution in [1.82, 2.24) is 0 Å². The number of hydrogen-bond donors (Lipinski definition) is 0. The minimum absolute atomic E-state index is 0.587. The van der Waals surface area contributed by atoms with Crippen LogP contribution in [0.1, 0.15) is 20.3 Å². The third kappa shape index (κ3) is 1.29. The molecule has 1 atom stereocenters. The lowest BCUT2D eigenvalue weighted by atomic mass is 10.1. The topological polar surface area (TPSA) is 0 Å². The lowest BCUT2D eigenvalue weighted by Crippen LogP contribution is -1.80. The molecule has 0 amide bonds. The molecule has 0 aliphatic heterocycles. The summed E-state index contributed by atoms with van der Waals surface area (Å²) >= 11 is 0. The van der Waals surface area contributed by atoms with E-state index in [4.69, 9.17) is 0 Å². The van der Waals surface area contributed by atoms with Gasteiger partial charge in [0.2, 0.25) is 0 Å². The van der Waals surface area contributed by atoms with Crippen LogP contribution >= 0.6 is 0 Å². The Balaban J connectivity index is 2.34. The maximum Gasteiger partial charge on any atom is -0.00607 e. The van der Waals surface area contributed by atoms with E-state index in [-0.39, 0.29) is 0 Å². The largest absolute Gasteiger partial charge is 0.0776 e. The molecule has 0 spiro atoms. The Morgan fingerprint density at radius 2 is 2.00 bits per heavy atom. The van der Waals surface area contributed by atoms with E-state index in [1.165, 1.54) is 16.7 Å². The summed E-state index contributed by atoms with van der Waals surface area (Å²) in [6.45, 7) is 4.41. The van der Waals surface area contributed by atoms with Crippen LogP contribution in [0.2, 0.25) is 0 Å². The van der Waals surface area contributed by atoms with E-state index in [0.29, 0.717) is 5.92 Å². The first kappa shape index (κ1) is 7.60. The lowest BCUT2D eigenvalue weighted by molar-refractivity contribution is 0.940. The Hall–Kier alpha value is -1.04. The van der Waals surface area contributed by atoms with Crippen molar-refractivity contribution in [3.63, 3.8) is 0 Å². The van der Waals surface area contributed by atoms with E-state index in [0.717, 1.165) is 6.42 Å². The van der Waals surface area contributed by atoms with Gasteiger partial charge in [0.25, 0.3) is 0 Å². The summed E-state index contributed by atoms with van der Waals surface area (Å²) in [7, 11) is 0. The van der Waals surface area contributed by atoms with Crippen LogP contribution in [0.15, 0.2) is 47.1 Å². The van der Waals surface area contributed by atoms with E-state index in [9.17, 15) is 0 Å². The van der Waals surface area contributed by atoms with Gasteiger partial charge in [-0.15, -0.1) is 0 Å². The SMILES string of the molecule is CC1=CC2=C(C=CC(C)C=C2)C1. The quantitative estimate of drug-likeness (QED) is 0.507. The Kier molecular flexibility index (Phi) is 1.76. The smallest absolute Gasteiger partial charge is 0.00607 e. The predicted octanol–water partition coefficient (Wildman–Crippen LogP) is 3.40. The van der Waals surface area contributed by atoms with Crippen LogP contribution in [0.5, 0.6) is 0 Å². The fourth-order valence-electron chi connectivity index (χ4n) is 1.71. The molecule has 0 radical (unpaired) electrons. The van der Waals surface area contributed by atoms with Gasteiger partial charge in [-0.2, -0.15) is 0 Å². The van der Waals surface area contributed by atoms with Crippen LogP contribution in [-0.2, 0) is 0 Å². The predicted molar refractivity (Wildman–Crippen MR) is 52.8 cm³/mol. The van der Waals surface area contributed by atoms with Crippen LogP contribution < -0.4 is 0 Å². The molecule has 0 aromatic carbocycles. The summed E-state index contributed by atoms with van der Waals surface area (Å²) < 4.78 is 0. The second kappa shape index (κ2) is 2.78. The molecule has 0 nitrogen and oxygen atoms in total. The molecule has 0 saturated carbocycles. The molecule has 1 unspecified atom stereocenters. The van der Waals surface area contributed by atoms with Crippen molar-refractivity contribution in [2.45, 2.75) is 20.3 Å². The number of hydrogen-bond acceptors (Lipinski definition) is 0. The highest BCUT2D eigenvalue weighted by molar-refractivity contribution is 5.50. The maximum absolute atomic E-state index is 2.29. The molecule has 0 fully saturated rings. The molecule has 2 aliphatic rings. The van der Waals surface area contributed by atoms with Gasteiger partial charge in [-0.05, 0) is 30.4 Å². The Bertz CT molecular complexity index is 311. The molecule has 2 rings (SSSR count). The first-order valence-electron chi connectivity index (χ1n) is 4.52. The van der Waals surface area contributed by atoms with Crippen LogP contribution in [0.3, 0.4) is 0 Å². The molecule has 12 heavy (non-hydrogen) atoms. The molecule has 0 aromatic rings. The van der Waals surface area contributed by atoms with Crippen LogP contribution in [0, 0.1) is 5.92 Å². The zero-order valence-corrected chi connectivity index (χ0v) is 7.67. The van der Waals surface area contributed by atoms with Gasteiger partial charge < -0.3 is 0 Å². The Labute approximate surface area is 74.0 Å². The van der Waals surface area contributed by atoms with E-state index >= 15 is 0 Å². The minimum atomic E-state index is 0.587. The lowest BCUT2D eigenvalue weighted by Gasteiger charge is -1.95. The number of allylic oxidation sites excluding steroid dienone is 8.